The summed E-state index contributed by atoms with van der Waals surface area (Å²) in [5, 5.41) is 6.30. The van der Waals surface area contributed by atoms with Crippen molar-refractivity contribution in [3.63, 3.8) is 0 Å². The maximum absolute atomic E-state index is 12.3. The molecule has 12 heteroatoms. The van der Waals surface area contributed by atoms with Gasteiger partial charge in [0.2, 0.25) is 0 Å². The highest BCUT2D eigenvalue weighted by Gasteiger charge is 2.21. The summed E-state index contributed by atoms with van der Waals surface area (Å²) in [4.78, 5) is 47.7. The Morgan fingerprint density at radius 2 is 1.83 bits per heavy atom. The number of nitrogens with one attached hydrogen (secondary N) is 2. The molecule has 0 saturated carbocycles. The average molecular weight is 421 g/mol. The smallest absolute Gasteiger partial charge is 0.332 e. The number of hydrogen-bond donors (Lipinski definition) is 2. The number of aryl methyl sites for hydroxylation is 1. The van der Waals surface area contributed by atoms with Crippen molar-refractivity contribution in [1.29, 1.82) is 0 Å². The Kier molecular flexibility index (Phi) is 5.01. The van der Waals surface area contributed by atoms with Crippen LogP contribution in [0, 0.1) is 0 Å². The number of imidazole rings is 1. The van der Waals surface area contributed by atoms with Crippen molar-refractivity contribution in [1.82, 2.24) is 34.2 Å². The molecule has 0 unspecified atom stereocenters. The second kappa shape index (κ2) is 7.48. The Hall–Kier alpha value is -2.92. The summed E-state index contributed by atoms with van der Waals surface area (Å²) in [6.45, 7) is 3.79. The zero-order chi connectivity index (χ0) is 20.7. The Morgan fingerprint density at radius 1 is 1.10 bits per heavy atom. The maximum Gasteiger partial charge on any atom is 0.332 e. The Bertz CT molecular complexity index is 1230. The number of hydrogen-bond acceptors (Lipinski definition) is 7. The molecule has 1 fully saturated rings. The van der Waals surface area contributed by atoms with E-state index in [1.165, 1.54) is 11.6 Å². The highest BCUT2D eigenvalue weighted by atomic mass is 35.5. The molecule has 0 radical (unpaired) electrons. The van der Waals surface area contributed by atoms with Crippen molar-refractivity contribution >= 4 is 28.5 Å². The molecule has 29 heavy (non-hydrogen) atoms. The van der Waals surface area contributed by atoms with E-state index in [1.807, 2.05) is 4.90 Å². The van der Waals surface area contributed by atoms with E-state index in [0.29, 0.717) is 29.1 Å². The zero-order valence-corrected chi connectivity index (χ0v) is 16.9. The molecule has 1 aliphatic rings. The summed E-state index contributed by atoms with van der Waals surface area (Å²) in [6.07, 6.45) is 2.19. The van der Waals surface area contributed by atoms with Gasteiger partial charge >= 0.3 is 5.69 Å². The van der Waals surface area contributed by atoms with E-state index in [1.54, 1.807) is 13.2 Å². The third-order valence-corrected chi connectivity index (χ3v) is 5.66. The van der Waals surface area contributed by atoms with Gasteiger partial charge < -0.3 is 9.88 Å². The molecule has 154 valence electrons. The molecule has 1 aliphatic heterocycles. The summed E-state index contributed by atoms with van der Waals surface area (Å²) >= 11 is 6.09. The van der Waals surface area contributed by atoms with Gasteiger partial charge in [-0.05, 0) is 0 Å². The van der Waals surface area contributed by atoms with Gasteiger partial charge in [-0.25, -0.2) is 14.9 Å². The summed E-state index contributed by atoms with van der Waals surface area (Å²) < 4.78 is 2.44. The topological polar surface area (TPSA) is 125 Å². The van der Waals surface area contributed by atoms with Gasteiger partial charge in [0.05, 0.1) is 11.9 Å². The van der Waals surface area contributed by atoms with E-state index in [2.05, 4.69) is 25.1 Å². The van der Waals surface area contributed by atoms with Crippen LogP contribution in [0.15, 0.2) is 20.6 Å². The second-order valence-corrected chi connectivity index (χ2v) is 7.44. The van der Waals surface area contributed by atoms with Crippen LogP contribution in [0.2, 0.25) is 5.02 Å². The molecule has 2 N–H and O–H groups in total. The second-order valence-electron chi connectivity index (χ2n) is 7.06. The molecule has 11 nitrogen and oxygen atoms in total. The zero-order valence-electron chi connectivity index (χ0n) is 16.1. The van der Waals surface area contributed by atoms with Crippen LogP contribution in [-0.4, -0.2) is 66.9 Å². The fourth-order valence-corrected chi connectivity index (χ4v) is 3.77. The van der Waals surface area contributed by atoms with Gasteiger partial charge in [0.15, 0.2) is 5.65 Å². The number of nitrogens with zero attached hydrogens (tertiary/aromatic N) is 6. The average Bonchev–Trinajstić information content (AvgIpc) is 3.16. The predicted molar refractivity (Wildman–Crippen MR) is 109 cm³/mol. The fraction of sp³-hybridized carbons (Fsp3) is 0.471. The number of aromatic amines is 2. The largest absolute Gasteiger partial charge is 0.366 e. The molecular formula is C17H21ClN8O3. The first-order chi connectivity index (χ1) is 13.9. The van der Waals surface area contributed by atoms with Crippen molar-refractivity contribution in [3.8, 4) is 0 Å². The SMILES string of the molecule is Cn1c(=O)c2[nH]c(CCN3CCN(c4cn[nH]c(=O)c4Cl)CC3)nc2n(C)c1=O. The molecule has 1 saturated heterocycles. The van der Waals surface area contributed by atoms with Crippen LogP contribution < -0.4 is 21.7 Å². The van der Waals surface area contributed by atoms with Crippen LogP contribution in [-0.2, 0) is 20.5 Å². The Labute approximate surface area is 169 Å². The van der Waals surface area contributed by atoms with E-state index in [4.69, 9.17) is 11.6 Å². The van der Waals surface area contributed by atoms with Gasteiger partial charge in [-0.3, -0.25) is 23.6 Å². The summed E-state index contributed by atoms with van der Waals surface area (Å²) in [7, 11) is 3.05. The normalized spacial score (nSPS) is 15.3. The highest BCUT2D eigenvalue weighted by Crippen LogP contribution is 2.21. The lowest BCUT2D eigenvalue weighted by Crippen LogP contribution is -2.47. The first kappa shape index (κ1) is 19.4. The third-order valence-electron chi connectivity index (χ3n) is 5.30. The summed E-state index contributed by atoms with van der Waals surface area (Å²) in [6, 6.07) is 0. The minimum Gasteiger partial charge on any atom is -0.366 e. The van der Waals surface area contributed by atoms with Gasteiger partial charge in [0, 0.05) is 53.2 Å². The van der Waals surface area contributed by atoms with Crippen molar-refractivity contribution in [2.75, 3.05) is 37.6 Å². The van der Waals surface area contributed by atoms with Crippen LogP contribution in [0.4, 0.5) is 5.69 Å². The maximum atomic E-state index is 12.3. The lowest BCUT2D eigenvalue weighted by Gasteiger charge is -2.35. The van der Waals surface area contributed by atoms with Gasteiger partial charge in [-0.1, -0.05) is 11.6 Å². The number of rotatable bonds is 4. The molecule has 4 heterocycles. The van der Waals surface area contributed by atoms with Crippen LogP contribution in [0.5, 0.6) is 0 Å². The molecule has 0 aliphatic carbocycles. The Balaban J connectivity index is 1.42. The third kappa shape index (κ3) is 3.47. The highest BCUT2D eigenvalue weighted by molar-refractivity contribution is 6.33. The standard InChI is InChI=1S/C17H21ClN8O3/c1-23-14-13(16(28)24(2)17(23)29)20-11(21-14)3-4-25-5-7-26(8-6-25)10-9-19-22-15(27)12(10)18/h9H,3-8H2,1-2H3,(H,20,21)(H,22,27). The number of fused-ring (bicyclic) bond motifs is 1. The number of H-pyrrole nitrogens is 2. The van der Waals surface area contributed by atoms with E-state index in [-0.39, 0.29) is 10.6 Å². The number of piperazine rings is 1. The molecule has 3 aromatic rings. The molecule has 0 spiro atoms. The molecule has 0 bridgehead atoms. The first-order valence-electron chi connectivity index (χ1n) is 9.22. The Morgan fingerprint density at radius 3 is 2.55 bits per heavy atom. The molecule has 0 atom stereocenters. The number of aromatic nitrogens is 6. The molecule has 3 aromatic heterocycles. The summed E-state index contributed by atoms with van der Waals surface area (Å²) in [5.41, 5.74) is 0.185. The molecular weight excluding hydrogens is 400 g/mol. The lowest BCUT2D eigenvalue weighted by atomic mass is 10.2. The van der Waals surface area contributed by atoms with Crippen molar-refractivity contribution in [2.24, 2.45) is 14.1 Å². The monoisotopic (exact) mass is 420 g/mol. The van der Waals surface area contributed by atoms with Gasteiger partial charge in [-0.2, -0.15) is 5.10 Å². The van der Waals surface area contributed by atoms with Crippen LogP contribution in [0.25, 0.3) is 11.2 Å². The van der Waals surface area contributed by atoms with E-state index in [9.17, 15) is 14.4 Å². The first-order valence-corrected chi connectivity index (χ1v) is 9.59. The van der Waals surface area contributed by atoms with Gasteiger partial charge in [0.25, 0.3) is 11.1 Å². The predicted octanol–water partition coefficient (Wildman–Crippen LogP) is -0.938. The molecule has 0 amide bonds. The van der Waals surface area contributed by atoms with E-state index < -0.39 is 11.2 Å². The molecule has 0 aromatic carbocycles. The molecule has 4 rings (SSSR count). The van der Waals surface area contributed by atoms with E-state index in [0.717, 1.165) is 37.3 Å². The fourth-order valence-electron chi connectivity index (χ4n) is 3.56. The number of anilines is 1. The minimum atomic E-state index is -0.399. The van der Waals surface area contributed by atoms with Gasteiger partial charge in [-0.15, -0.1) is 0 Å². The van der Waals surface area contributed by atoms with Crippen molar-refractivity contribution in [2.45, 2.75) is 6.42 Å². The van der Waals surface area contributed by atoms with Crippen LogP contribution >= 0.6 is 11.6 Å². The van der Waals surface area contributed by atoms with Gasteiger partial charge in [0.1, 0.15) is 16.4 Å². The van der Waals surface area contributed by atoms with Crippen LogP contribution in [0.3, 0.4) is 0 Å². The lowest BCUT2D eigenvalue weighted by molar-refractivity contribution is 0.259. The number of halogens is 1. The van der Waals surface area contributed by atoms with Crippen molar-refractivity contribution < 1.29 is 0 Å². The summed E-state index contributed by atoms with van der Waals surface area (Å²) in [5.74, 6) is 0.669. The quantitative estimate of drug-likeness (QED) is 0.558. The van der Waals surface area contributed by atoms with Crippen molar-refractivity contribution in [3.05, 3.63) is 48.2 Å². The minimum absolute atomic E-state index is 0.155. The van der Waals surface area contributed by atoms with E-state index >= 15 is 0 Å². The van der Waals surface area contributed by atoms with Crippen LogP contribution in [0.1, 0.15) is 5.82 Å².